The lowest BCUT2D eigenvalue weighted by Crippen LogP contribution is -2.30. The van der Waals surface area contributed by atoms with Gasteiger partial charge in [0.15, 0.2) is 9.84 Å². The smallest absolute Gasteiger partial charge is 0.230 e. The largest absolute Gasteiger partial charge is 0.352 e. The first-order valence-electron chi connectivity index (χ1n) is 10.1. The van der Waals surface area contributed by atoms with Crippen LogP contribution in [0.2, 0.25) is 5.02 Å². The number of carbonyl (C=O) groups excluding carboxylic acids is 2. The van der Waals surface area contributed by atoms with Crippen molar-refractivity contribution in [2.45, 2.75) is 37.1 Å². The van der Waals surface area contributed by atoms with Gasteiger partial charge < -0.3 is 10.2 Å². The zero-order valence-electron chi connectivity index (χ0n) is 16.7. The van der Waals surface area contributed by atoms with Gasteiger partial charge in [-0.05, 0) is 70.6 Å². The van der Waals surface area contributed by atoms with Crippen LogP contribution in [0.4, 0.5) is 5.69 Å². The predicted molar refractivity (Wildman–Crippen MR) is 123 cm³/mol. The summed E-state index contributed by atoms with van der Waals surface area (Å²) in [5.74, 6) is -0.515. The maximum Gasteiger partial charge on any atom is 0.230 e. The molecule has 0 atom stereocenters. The molecule has 0 aromatic heterocycles. The summed E-state index contributed by atoms with van der Waals surface area (Å²) in [6.45, 7) is 0.880. The Labute approximate surface area is 195 Å². The number of hydrogen-bond donors (Lipinski definition) is 1. The van der Waals surface area contributed by atoms with Crippen LogP contribution in [0.15, 0.2) is 45.8 Å². The van der Waals surface area contributed by atoms with Crippen LogP contribution in [0.25, 0.3) is 0 Å². The minimum atomic E-state index is -3.71. The molecule has 0 bridgehead atoms. The highest BCUT2D eigenvalue weighted by molar-refractivity contribution is 9.10. The van der Waals surface area contributed by atoms with Crippen LogP contribution in [-0.2, 0) is 32.4 Å². The van der Waals surface area contributed by atoms with E-state index in [1.54, 1.807) is 41.3 Å². The second kappa shape index (κ2) is 8.92. The van der Waals surface area contributed by atoms with E-state index >= 15 is 0 Å². The first kappa shape index (κ1) is 22.3. The van der Waals surface area contributed by atoms with Gasteiger partial charge in [0.1, 0.15) is 0 Å². The van der Waals surface area contributed by atoms with Gasteiger partial charge in [0.2, 0.25) is 11.8 Å². The summed E-state index contributed by atoms with van der Waals surface area (Å²) in [6.07, 6.45) is 2.36. The highest BCUT2D eigenvalue weighted by atomic mass is 79.9. The summed E-state index contributed by atoms with van der Waals surface area (Å²) in [7, 11) is -3.71. The summed E-state index contributed by atoms with van der Waals surface area (Å²) in [5.41, 5.74) is 2.51. The van der Waals surface area contributed by atoms with E-state index in [1.165, 1.54) is 0 Å². The summed E-state index contributed by atoms with van der Waals surface area (Å²) in [6, 6.07) is 10.4. The topological polar surface area (TPSA) is 83.6 Å². The van der Waals surface area contributed by atoms with Gasteiger partial charge in [-0.1, -0.05) is 23.7 Å². The van der Waals surface area contributed by atoms with E-state index < -0.39 is 9.84 Å². The molecular weight excluding hydrogens is 504 g/mol. The Morgan fingerprint density at radius 3 is 2.55 bits per heavy atom. The van der Waals surface area contributed by atoms with Crippen molar-refractivity contribution in [3.05, 3.63) is 57.0 Å². The average Bonchev–Trinajstić information content (AvgIpc) is 3.51. The van der Waals surface area contributed by atoms with Gasteiger partial charge in [0.25, 0.3) is 0 Å². The van der Waals surface area contributed by atoms with Crippen molar-refractivity contribution < 1.29 is 18.0 Å². The molecule has 4 rings (SSSR count). The number of rotatable bonds is 7. The highest BCUT2D eigenvalue weighted by Gasteiger charge is 2.37. The summed E-state index contributed by atoms with van der Waals surface area (Å²) in [5, 5.41) is 3.34. The Morgan fingerprint density at radius 1 is 1.16 bits per heavy atom. The van der Waals surface area contributed by atoms with E-state index in [-0.39, 0.29) is 34.8 Å². The number of halogens is 2. The van der Waals surface area contributed by atoms with E-state index in [0.717, 1.165) is 24.0 Å². The van der Waals surface area contributed by atoms with Gasteiger partial charge in [0, 0.05) is 40.6 Å². The van der Waals surface area contributed by atoms with Gasteiger partial charge in [0.05, 0.1) is 10.6 Å². The first-order chi connectivity index (χ1) is 14.7. The number of benzene rings is 2. The molecule has 1 N–H and O–H groups in total. The monoisotopic (exact) mass is 524 g/mol. The molecule has 6 nitrogen and oxygen atoms in total. The normalized spacial score (nSPS) is 15.6. The minimum Gasteiger partial charge on any atom is -0.352 e. The molecule has 0 unspecified atom stereocenters. The van der Waals surface area contributed by atoms with Crippen molar-refractivity contribution in [2.75, 3.05) is 17.2 Å². The quantitative estimate of drug-likeness (QED) is 0.595. The Bertz CT molecular complexity index is 1130. The standard InChI is InChI=1S/C22H22BrClN2O4S/c23-18-11-16-7-9-26(22(28)15-3-4-15)19(16)12-20(18)31(29,30)10-8-21(27)25-13-14-1-5-17(24)6-2-14/h1-2,5-6,11-12,15H,3-4,7-10,13H2,(H,25,27). The molecule has 1 fully saturated rings. The van der Waals surface area contributed by atoms with Crippen molar-refractivity contribution in [2.24, 2.45) is 5.92 Å². The van der Waals surface area contributed by atoms with Crippen molar-refractivity contribution in [3.8, 4) is 0 Å². The third-order valence-electron chi connectivity index (χ3n) is 5.56. The predicted octanol–water partition coefficient (Wildman–Crippen LogP) is 3.88. The number of carbonyl (C=O) groups is 2. The van der Waals surface area contributed by atoms with E-state index in [4.69, 9.17) is 11.6 Å². The Kier molecular flexibility index (Phi) is 6.42. The van der Waals surface area contributed by atoms with Crippen LogP contribution >= 0.6 is 27.5 Å². The maximum atomic E-state index is 13.0. The summed E-state index contributed by atoms with van der Waals surface area (Å²) < 4.78 is 26.4. The number of hydrogen-bond acceptors (Lipinski definition) is 4. The number of nitrogens with zero attached hydrogens (tertiary/aromatic N) is 1. The van der Waals surface area contributed by atoms with Crippen LogP contribution in [0.5, 0.6) is 0 Å². The van der Waals surface area contributed by atoms with Crippen molar-refractivity contribution >= 4 is 54.9 Å². The molecule has 31 heavy (non-hydrogen) atoms. The average molecular weight is 526 g/mol. The van der Waals surface area contributed by atoms with Gasteiger partial charge >= 0.3 is 0 Å². The third kappa shape index (κ3) is 5.13. The zero-order valence-corrected chi connectivity index (χ0v) is 19.9. The van der Waals surface area contributed by atoms with Crippen LogP contribution < -0.4 is 10.2 Å². The summed E-state index contributed by atoms with van der Waals surface area (Å²) in [4.78, 5) is 26.6. The number of sulfone groups is 1. The summed E-state index contributed by atoms with van der Waals surface area (Å²) >= 11 is 9.21. The number of anilines is 1. The lowest BCUT2D eigenvalue weighted by molar-refractivity contribution is -0.121. The molecule has 164 valence electrons. The molecule has 9 heteroatoms. The van der Waals surface area contributed by atoms with E-state index in [2.05, 4.69) is 21.2 Å². The van der Waals surface area contributed by atoms with E-state index in [1.807, 2.05) is 0 Å². The molecule has 2 aromatic rings. The first-order valence-corrected chi connectivity index (χ1v) is 12.9. The molecule has 0 radical (unpaired) electrons. The van der Waals surface area contributed by atoms with Crippen LogP contribution in [0.3, 0.4) is 0 Å². The second-order valence-electron chi connectivity index (χ2n) is 7.90. The molecule has 0 spiro atoms. The molecular formula is C22H22BrClN2O4S. The van der Waals surface area contributed by atoms with Crippen LogP contribution in [0, 0.1) is 5.92 Å². The highest BCUT2D eigenvalue weighted by Crippen LogP contribution is 2.39. The van der Waals surface area contributed by atoms with Gasteiger partial charge in [-0.2, -0.15) is 0 Å². The number of nitrogens with one attached hydrogen (secondary N) is 1. The Morgan fingerprint density at radius 2 is 1.87 bits per heavy atom. The van der Waals surface area contributed by atoms with E-state index in [9.17, 15) is 18.0 Å². The van der Waals surface area contributed by atoms with Gasteiger partial charge in [-0.3, -0.25) is 9.59 Å². The van der Waals surface area contributed by atoms with E-state index in [0.29, 0.717) is 34.7 Å². The second-order valence-corrected chi connectivity index (χ2v) is 11.3. The SMILES string of the molecule is O=C(CCS(=O)(=O)c1cc2c(cc1Br)CCN2C(=O)C1CC1)NCc1ccc(Cl)cc1. The molecule has 0 saturated heterocycles. The third-order valence-corrected chi connectivity index (χ3v) is 8.48. The molecule has 2 aromatic carbocycles. The fourth-order valence-electron chi connectivity index (χ4n) is 3.63. The van der Waals surface area contributed by atoms with Gasteiger partial charge in [-0.25, -0.2) is 8.42 Å². The molecule has 1 aliphatic carbocycles. The van der Waals surface area contributed by atoms with Crippen molar-refractivity contribution in [1.29, 1.82) is 0 Å². The molecule has 1 heterocycles. The van der Waals surface area contributed by atoms with Gasteiger partial charge in [-0.15, -0.1) is 0 Å². The molecule has 2 aliphatic rings. The lowest BCUT2D eigenvalue weighted by Gasteiger charge is -2.18. The molecule has 2 amide bonds. The maximum absolute atomic E-state index is 13.0. The van der Waals surface area contributed by atoms with Crippen LogP contribution in [0.1, 0.15) is 30.4 Å². The molecule has 1 aliphatic heterocycles. The van der Waals surface area contributed by atoms with Crippen LogP contribution in [-0.4, -0.2) is 32.5 Å². The minimum absolute atomic E-state index is 0.0685. The zero-order chi connectivity index (χ0) is 22.2. The molecule has 1 saturated carbocycles. The number of amides is 2. The number of fused-ring (bicyclic) bond motifs is 1. The fourth-order valence-corrected chi connectivity index (χ4v) is 6.21. The lowest BCUT2D eigenvalue weighted by atomic mass is 10.2. The Hall–Kier alpha value is -1.90. The van der Waals surface area contributed by atoms with Crippen molar-refractivity contribution in [3.63, 3.8) is 0 Å². The van der Waals surface area contributed by atoms with Crippen molar-refractivity contribution in [1.82, 2.24) is 5.32 Å². The Balaban J connectivity index is 1.42. The fraction of sp³-hybridized carbons (Fsp3) is 0.364.